The Labute approximate surface area is 169 Å². The number of amides is 2. The molecule has 1 aromatic heterocycles. The number of nitrogens with zero attached hydrogens (tertiary/aromatic N) is 1. The number of benzene rings is 1. The summed E-state index contributed by atoms with van der Waals surface area (Å²) in [5.41, 5.74) is 0.920. The van der Waals surface area contributed by atoms with Crippen LogP contribution in [0.25, 0.3) is 0 Å². The molecular formula is C21H26N2O4S. The van der Waals surface area contributed by atoms with E-state index in [1.54, 1.807) is 18.1 Å². The zero-order chi connectivity index (χ0) is 19.9. The van der Waals surface area contributed by atoms with Crippen LogP contribution in [0.15, 0.2) is 35.7 Å². The average Bonchev–Trinajstić information content (AvgIpc) is 3.42. The van der Waals surface area contributed by atoms with Gasteiger partial charge < -0.3 is 19.7 Å². The van der Waals surface area contributed by atoms with Crippen molar-refractivity contribution < 1.29 is 19.1 Å². The number of carbonyl (C=O) groups excluding carboxylic acids is 2. The van der Waals surface area contributed by atoms with E-state index in [2.05, 4.69) is 5.32 Å². The molecule has 0 spiro atoms. The van der Waals surface area contributed by atoms with Gasteiger partial charge in [0.05, 0.1) is 18.6 Å². The molecule has 1 atom stereocenters. The van der Waals surface area contributed by atoms with E-state index in [9.17, 15) is 9.59 Å². The first-order valence-corrected chi connectivity index (χ1v) is 10.4. The van der Waals surface area contributed by atoms with Crippen molar-refractivity contribution in [3.63, 3.8) is 0 Å². The predicted molar refractivity (Wildman–Crippen MR) is 109 cm³/mol. The first-order chi connectivity index (χ1) is 13.6. The molecule has 2 heterocycles. The third-order valence-corrected chi connectivity index (χ3v) is 5.56. The van der Waals surface area contributed by atoms with Gasteiger partial charge in [-0.05, 0) is 48.4 Å². The summed E-state index contributed by atoms with van der Waals surface area (Å²) < 4.78 is 11.0. The Morgan fingerprint density at radius 2 is 2.14 bits per heavy atom. The second-order valence-electron chi connectivity index (χ2n) is 6.69. The molecule has 0 radical (unpaired) electrons. The summed E-state index contributed by atoms with van der Waals surface area (Å²) in [6.07, 6.45) is 2.45. The van der Waals surface area contributed by atoms with E-state index in [0.717, 1.165) is 18.4 Å². The lowest BCUT2D eigenvalue weighted by Gasteiger charge is -2.23. The Kier molecular flexibility index (Phi) is 6.92. The van der Waals surface area contributed by atoms with Gasteiger partial charge in [0.2, 0.25) is 5.91 Å². The molecule has 1 aromatic carbocycles. The molecule has 1 fully saturated rings. The Balaban J connectivity index is 1.61. The molecule has 0 unspecified atom stereocenters. The van der Waals surface area contributed by atoms with Crippen LogP contribution >= 0.6 is 11.3 Å². The topological polar surface area (TPSA) is 67.9 Å². The largest absolute Gasteiger partial charge is 0.493 e. The molecule has 1 aliphatic heterocycles. The Morgan fingerprint density at radius 1 is 1.29 bits per heavy atom. The molecular weight excluding hydrogens is 376 g/mol. The summed E-state index contributed by atoms with van der Waals surface area (Å²) in [6.45, 7) is 3.67. The van der Waals surface area contributed by atoms with Gasteiger partial charge >= 0.3 is 0 Å². The molecule has 0 bridgehead atoms. The van der Waals surface area contributed by atoms with Crippen LogP contribution in [-0.2, 0) is 11.3 Å². The minimum absolute atomic E-state index is 0.0632. The SMILES string of the molecule is CCCOc1ccc(CNC(=O)[C@@H]2CCCN2C(=O)c2cccs2)cc1OC. The van der Waals surface area contributed by atoms with Gasteiger partial charge in [0.1, 0.15) is 6.04 Å². The van der Waals surface area contributed by atoms with E-state index in [1.165, 1.54) is 11.3 Å². The van der Waals surface area contributed by atoms with Gasteiger partial charge in [-0.1, -0.05) is 19.1 Å². The normalized spacial score (nSPS) is 16.1. The number of rotatable bonds is 8. The summed E-state index contributed by atoms with van der Waals surface area (Å²) >= 11 is 1.40. The van der Waals surface area contributed by atoms with Crippen LogP contribution < -0.4 is 14.8 Å². The van der Waals surface area contributed by atoms with Crippen LogP contribution in [0.2, 0.25) is 0 Å². The molecule has 7 heteroatoms. The summed E-state index contributed by atoms with van der Waals surface area (Å²) in [6, 6.07) is 8.88. The quantitative estimate of drug-likeness (QED) is 0.734. The fourth-order valence-corrected chi connectivity index (χ4v) is 3.96. The number of hydrogen-bond donors (Lipinski definition) is 1. The molecule has 2 amide bonds. The highest BCUT2D eigenvalue weighted by Crippen LogP contribution is 2.28. The van der Waals surface area contributed by atoms with Gasteiger partial charge in [-0.15, -0.1) is 11.3 Å². The highest BCUT2D eigenvalue weighted by molar-refractivity contribution is 7.12. The molecule has 1 saturated heterocycles. The molecule has 6 nitrogen and oxygen atoms in total. The molecule has 1 aliphatic rings. The Hall–Kier alpha value is -2.54. The van der Waals surface area contributed by atoms with Gasteiger partial charge in [-0.3, -0.25) is 9.59 Å². The predicted octanol–water partition coefficient (Wildman–Crippen LogP) is 3.47. The monoisotopic (exact) mass is 402 g/mol. The fraction of sp³-hybridized carbons (Fsp3) is 0.429. The van der Waals surface area contributed by atoms with Crippen molar-refractivity contribution >= 4 is 23.2 Å². The third-order valence-electron chi connectivity index (χ3n) is 4.70. The van der Waals surface area contributed by atoms with Gasteiger partial charge in [0, 0.05) is 13.1 Å². The van der Waals surface area contributed by atoms with Crippen LogP contribution in [0.5, 0.6) is 11.5 Å². The second kappa shape index (κ2) is 9.59. The van der Waals surface area contributed by atoms with Crippen LogP contribution in [0, 0.1) is 0 Å². The fourth-order valence-electron chi connectivity index (χ4n) is 3.28. The maximum absolute atomic E-state index is 12.7. The van der Waals surface area contributed by atoms with Crippen LogP contribution in [0.3, 0.4) is 0 Å². The first-order valence-electron chi connectivity index (χ1n) is 9.56. The van der Waals surface area contributed by atoms with Gasteiger partial charge in [-0.25, -0.2) is 0 Å². The van der Waals surface area contributed by atoms with Gasteiger partial charge in [0.15, 0.2) is 11.5 Å². The van der Waals surface area contributed by atoms with Crippen molar-refractivity contribution in [2.75, 3.05) is 20.3 Å². The summed E-state index contributed by atoms with van der Waals surface area (Å²) in [4.78, 5) is 27.7. The number of ether oxygens (including phenoxy) is 2. The number of likely N-dealkylation sites (tertiary alicyclic amines) is 1. The first kappa shape index (κ1) is 20.2. The molecule has 2 aromatic rings. The van der Waals surface area contributed by atoms with Crippen molar-refractivity contribution in [2.24, 2.45) is 0 Å². The van der Waals surface area contributed by atoms with E-state index in [0.29, 0.717) is 42.5 Å². The van der Waals surface area contributed by atoms with Crippen molar-refractivity contribution in [1.82, 2.24) is 10.2 Å². The molecule has 0 saturated carbocycles. The zero-order valence-electron chi connectivity index (χ0n) is 16.3. The molecule has 3 rings (SSSR count). The lowest BCUT2D eigenvalue weighted by molar-refractivity contribution is -0.125. The van der Waals surface area contributed by atoms with Crippen LogP contribution in [0.4, 0.5) is 0 Å². The molecule has 150 valence electrons. The number of carbonyl (C=O) groups is 2. The van der Waals surface area contributed by atoms with E-state index in [1.807, 2.05) is 36.6 Å². The van der Waals surface area contributed by atoms with E-state index < -0.39 is 6.04 Å². The molecule has 28 heavy (non-hydrogen) atoms. The van der Waals surface area contributed by atoms with Crippen LogP contribution in [-0.4, -0.2) is 43.0 Å². The van der Waals surface area contributed by atoms with Crippen molar-refractivity contribution in [3.05, 3.63) is 46.2 Å². The zero-order valence-corrected chi connectivity index (χ0v) is 17.1. The maximum Gasteiger partial charge on any atom is 0.264 e. The molecule has 1 N–H and O–H groups in total. The summed E-state index contributed by atoms with van der Waals surface area (Å²) in [7, 11) is 1.60. The number of thiophene rings is 1. The Bertz CT molecular complexity index is 807. The summed E-state index contributed by atoms with van der Waals surface area (Å²) in [5.74, 6) is 1.16. The van der Waals surface area contributed by atoms with Gasteiger partial charge in [-0.2, -0.15) is 0 Å². The lowest BCUT2D eigenvalue weighted by atomic mass is 10.1. The number of hydrogen-bond acceptors (Lipinski definition) is 5. The van der Waals surface area contributed by atoms with E-state index in [4.69, 9.17) is 9.47 Å². The second-order valence-corrected chi connectivity index (χ2v) is 7.63. The molecule has 0 aliphatic carbocycles. The van der Waals surface area contributed by atoms with Gasteiger partial charge in [0.25, 0.3) is 5.91 Å². The minimum atomic E-state index is -0.413. The highest BCUT2D eigenvalue weighted by Gasteiger charge is 2.34. The highest BCUT2D eigenvalue weighted by atomic mass is 32.1. The average molecular weight is 403 g/mol. The van der Waals surface area contributed by atoms with E-state index in [-0.39, 0.29) is 11.8 Å². The smallest absolute Gasteiger partial charge is 0.264 e. The number of nitrogens with one attached hydrogen (secondary N) is 1. The van der Waals surface area contributed by atoms with Crippen molar-refractivity contribution in [3.8, 4) is 11.5 Å². The summed E-state index contributed by atoms with van der Waals surface area (Å²) in [5, 5.41) is 4.83. The standard InChI is InChI=1S/C21H26N2O4S/c1-3-11-27-17-9-8-15(13-18(17)26-2)14-22-20(24)16-6-4-10-23(16)21(25)19-7-5-12-28-19/h5,7-9,12-13,16H,3-4,6,10-11,14H2,1-2H3,(H,22,24)/t16-/m0/s1. The number of methoxy groups -OCH3 is 1. The Morgan fingerprint density at radius 3 is 2.86 bits per heavy atom. The van der Waals surface area contributed by atoms with Crippen LogP contribution in [0.1, 0.15) is 41.4 Å². The maximum atomic E-state index is 12.7. The van der Waals surface area contributed by atoms with Crippen molar-refractivity contribution in [2.45, 2.75) is 38.8 Å². The van der Waals surface area contributed by atoms with E-state index >= 15 is 0 Å². The lowest BCUT2D eigenvalue weighted by Crippen LogP contribution is -2.45. The minimum Gasteiger partial charge on any atom is -0.493 e. The third kappa shape index (κ3) is 4.65. The van der Waals surface area contributed by atoms with Crippen molar-refractivity contribution in [1.29, 1.82) is 0 Å².